The fourth-order valence-corrected chi connectivity index (χ4v) is 1.33. The Morgan fingerprint density at radius 3 is 2.75 bits per heavy atom. The third-order valence-corrected chi connectivity index (χ3v) is 1.96. The molecule has 0 bridgehead atoms. The van der Waals surface area contributed by atoms with Crippen molar-refractivity contribution >= 4 is 22.8 Å². The lowest BCUT2D eigenvalue weighted by atomic mass is 10.1. The molecule has 0 spiro atoms. The number of para-hydroxylation sites is 1. The zero-order valence-electron chi connectivity index (χ0n) is 8.44. The van der Waals surface area contributed by atoms with E-state index < -0.39 is 5.82 Å². The number of hydrogen-bond acceptors (Lipinski definition) is 4. The van der Waals surface area contributed by atoms with Crippen LogP contribution in [0.1, 0.15) is 0 Å². The first-order valence-corrected chi connectivity index (χ1v) is 4.27. The molecule has 2 N–H and O–H groups in total. The summed E-state index contributed by atoms with van der Waals surface area (Å²) in [6, 6.07) is 6.05. The van der Waals surface area contributed by atoms with E-state index in [0.29, 0.717) is 11.3 Å². The van der Waals surface area contributed by atoms with Gasteiger partial charge in [0.2, 0.25) is 0 Å². The van der Waals surface area contributed by atoms with E-state index >= 15 is 0 Å². The molecular weight excluding hydrogens is 279 g/mol. The summed E-state index contributed by atoms with van der Waals surface area (Å²) in [6.45, 7) is 0. The van der Waals surface area contributed by atoms with Gasteiger partial charge in [0.25, 0.3) is 0 Å². The molecule has 0 aliphatic carbocycles. The monoisotopic (exact) mass is 288 g/mol. The molecule has 1 heterocycles. The van der Waals surface area contributed by atoms with E-state index in [4.69, 9.17) is 15.0 Å². The highest BCUT2D eigenvalue weighted by atomic mass is 79.9. The van der Waals surface area contributed by atoms with Crippen LogP contribution in [0.2, 0.25) is 0 Å². The zero-order chi connectivity index (χ0) is 10.8. The van der Waals surface area contributed by atoms with Crippen molar-refractivity contribution in [1.29, 1.82) is 0 Å². The summed E-state index contributed by atoms with van der Waals surface area (Å²) in [5.74, 6) is 0.291. The summed E-state index contributed by atoms with van der Waals surface area (Å²) in [6.07, 6.45) is 0. The number of benzene rings is 1. The quantitative estimate of drug-likeness (QED) is 0.923. The Kier molecular flexibility index (Phi) is 3.89. The second-order valence-corrected chi connectivity index (χ2v) is 2.94. The minimum atomic E-state index is -0.454. The first-order chi connectivity index (χ1) is 7.22. The second-order valence-electron chi connectivity index (χ2n) is 2.94. The molecule has 0 radical (unpaired) electrons. The van der Waals surface area contributed by atoms with Crippen LogP contribution in [-0.2, 0) is 0 Å². The van der Waals surface area contributed by atoms with Gasteiger partial charge in [0, 0.05) is 6.07 Å². The molecule has 0 unspecified atom stereocenters. The van der Waals surface area contributed by atoms with Gasteiger partial charge in [-0.2, -0.15) is 0 Å². The number of nitrogen functional groups attached to an aromatic ring is 1. The molecule has 0 fully saturated rings. The molecule has 1 aromatic carbocycles. The molecule has 2 rings (SSSR count). The number of nitrogens with zero attached hydrogens (tertiary/aromatic N) is 1. The van der Waals surface area contributed by atoms with Crippen LogP contribution in [0, 0.1) is 5.82 Å². The number of halogens is 2. The summed E-state index contributed by atoms with van der Waals surface area (Å²) in [7, 11) is 1.39. The van der Waals surface area contributed by atoms with Crippen LogP contribution in [0.4, 0.5) is 10.2 Å². The molecule has 1 aromatic heterocycles. The van der Waals surface area contributed by atoms with E-state index in [9.17, 15) is 4.39 Å². The van der Waals surface area contributed by atoms with Crippen LogP contribution in [-0.4, -0.2) is 12.3 Å². The average molecular weight is 289 g/mol. The van der Waals surface area contributed by atoms with E-state index in [2.05, 4.69) is 5.16 Å². The Labute approximate surface area is 102 Å². The molecule has 0 atom stereocenters. The molecule has 0 amide bonds. The summed E-state index contributed by atoms with van der Waals surface area (Å²) in [4.78, 5) is 0. The predicted molar refractivity (Wildman–Crippen MR) is 63.2 cm³/mol. The van der Waals surface area contributed by atoms with Gasteiger partial charge in [0.05, 0.1) is 12.7 Å². The van der Waals surface area contributed by atoms with Crippen LogP contribution in [0.3, 0.4) is 0 Å². The van der Waals surface area contributed by atoms with E-state index in [1.54, 1.807) is 12.1 Å². The molecule has 0 aliphatic rings. The van der Waals surface area contributed by atoms with Crippen molar-refractivity contribution < 1.29 is 13.7 Å². The van der Waals surface area contributed by atoms with E-state index in [1.807, 2.05) is 0 Å². The minimum absolute atomic E-state index is 0. The Hall–Kier alpha value is -1.56. The number of nitrogens with two attached hydrogens (primary N) is 1. The topological polar surface area (TPSA) is 61.3 Å². The average Bonchev–Trinajstić information content (AvgIpc) is 2.64. The Morgan fingerprint density at radius 1 is 1.44 bits per heavy atom. The van der Waals surface area contributed by atoms with Crippen molar-refractivity contribution in [3.05, 3.63) is 30.1 Å². The first-order valence-electron chi connectivity index (χ1n) is 4.27. The van der Waals surface area contributed by atoms with Gasteiger partial charge in [0.15, 0.2) is 23.1 Å². The Bertz CT molecular complexity index is 487. The highest BCUT2D eigenvalue weighted by Crippen LogP contribution is 2.32. The molecule has 16 heavy (non-hydrogen) atoms. The van der Waals surface area contributed by atoms with Gasteiger partial charge in [-0.25, -0.2) is 4.39 Å². The minimum Gasteiger partial charge on any atom is -0.493 e. The first kappa shape index (κ1) is 12.5. The number of ether oxygens (including phenoxy) is 1. The van der Waals surface area contributed by atoms with Crippen molar-refractivity contribution in [2.45, 2.75) is 0 Å². The van der Waals surface area contributed by atoms with Crippen molar-refractivity contribution in [3.8, 4) is 17.1 Å². The molecular formula is C10H10BrFN2O2. The van der Waals surface area contributed by atoms with Gasteiger partial charge in [-0.05, 0) is 12.1 Å². The third-order valence-electron chi connectivity index (χ3n) is 1.96. The van der Waals surface area contributed by atoms with Gasteiger partial charge >= 0.3 is 0 Å². The summed E-state index contributed by atoms with van der Waals surface area (Å²) in [5.41, 5.74) is 5.89. The molecule has 0 aliphatic heterocycles. The van der Waals surface area contributed by atoms with E-state index in [0.717, 1.165) is 0 Å². The highest BCUT2D eigenvalue weighted by molar-refractivity contribution is 8.93. The fourth-order valence-electron chi connectivity index (χ4n) is 1.33. The number of rotatable bonds is 2. The fraction of sp³-hybridized carbons (Fsp3) is 0.100. The third kappa shape index (κ3) is 2.16. The highest BCUT2D eigenvalue weighted by Gasteiger charge is 2.14. The van der Waals surface area contributed by atoms with Gasteiger partial charge in [0.1, 0.15) is 0 Å². The molecule has 86 valence electrons. The van der Waals surface area contributed by atoms with Gasteiger partial charge in [-0.3, -0.25) is 0 Å². The van der Waals surface area contributed by atoms with Crippen molar-refractivity contribution in [1.82, 2.24) is 5.16 Å². The van der Waals surface area contributed by atoms with Crippen LogP contribution in [0.15, 0.2) is 28.8 Å². The number of methoxy groups -OCH3 is 1. The second kappa shape index (κ2) is 4.98. The summed E-state index contributed by atoms with van der Waals surface area (Å²) < 4.78 is 23.2. The zero-order valence-corrected chi connectivity index (χ0v) is 10.1. The maximum absolute atomic E-state index is 13.3. The summed E-state index contributed by atoms with van der Waals surface area (Å²) in [5, 5.41) is 3.52. The largest absolute Gasteiger partial charge is 0.493 e. The summed E-state index contributed by atoms with van der Waals surface area (Å²) >= 11 is 0. The lowest BCUT2D eigenvalue weighted by Crippen LogP contribution is -1.90. The van der Waals surface area contributed by atoms with Crippen molar-refractivity contribution in [2.75, 3.05) is 12.8 Å². The Morgan fingerprint density at radius 2 is 2.19 bits per heavy atom. The lowest BCUT2D eigenvalue weighted by molar-refractivity contribution is 0.383. The van der Waals surface area contributed by atoms with E-state index in [-0.39, 0.29) is 28.5 Å². The van der Waals surface area contributed by atoms with Gasteiger partial charge < -0.3 is 15.0 Å². The Balaban J connectivity index is 0.00000128. The van der Waals surface area contributed by atoms with Crippen LogP contribution >= 0.6 is 17.0 Å². The molecule has 0 saturated carbocycles. The normalized spacial score (nSPS) is 9.62. The smallest absolute Gasteiger partial charge is 0.172 e. The maximum Gasteiger partial charge on any atom is 0.172 e. The molecule has 6 heteroatoms. The van der Waals surface area contributed by atoms with Crippen LogP contribution in [0.25, 0.3) is 11.3 Å². The maximum atomic E-state index is 13.3. The van der Waals surface area contributed by atoms with Gasteiger partial charge in [-0.1, -0.05) is 11.2 Å². The van der Waals surface area contributed by atoms with Crippen LogP contribution < -0.4 is 10.5 Å². The van der Waals surface area contributed by atoms with E-state index in [1.165, 1.54) is 19.2 Å². The molecule has 4 nitrogen and oxygen atoms in total. The number of hydrogen-bond donors (Lipinski definition) is 1. The predicted octanol–water partition coefficient (Wildman–Crippen LogP) is 2.65. The van der Waals surface area contributed by atoms with Crippen LogP contribution in [0.5, 0.6) is 5.75 Å². The number of aromatic nitrogens is 1. The lowest BCUT2D eigenvalue weighted by Gasteiger charge is -2.05. The molecule has 0 saturated heterocycles. The van der Waals surface area contributed by atoms with Crippen molar-refractivity contribution in [3.63, 3.8) is 0 Å². The number of anilines is 1. The SMILES string of the molecule is Br.COc1c(F)cccc1-c1cc(N)no1. The van der Waals surface area contributed by atoms with Gasteiger partial charge in [-0.15, -0.1) is 17.0 Å². The standard InChI is InChI=1S/C10H9FN2O2.BrH/c1-14-10-6(3-2-4-7(10)11)8-5-9(12)13-15-8;/h2-5H,1H3,(H2,12,13);1H. The molecule has 2 aromatic rings. The van der Waals surface area contributed by atoms with Crippen molar-refractivity contribution in [2.24, 2.45) is 0 Å².